The van der Waals surface area contributed by atoms with Crippen molar-refractivity contribution in [1.82, 2.24) is 0 Å². The smallest absolute Gasteiger partial charge is 0.143 e. The Morgan fingerprint density at radius 2 is 0.944 bits per heavy atom. The molecule has 0 saturated carbocycles. The van der Waals surface area contributed by atoms with Crippen molar-refractivity contribution in [2.75, 3.05) is 4.90 Å². The van der Waals surface area contributed by atoms with Crippen molar-refractivity contribution in [3.8, 4) is 22.3 Å². The highest BCUT2D eigenvalue weighted by Crippen LogP contribution is 2.48. The Balaban J connectivity index is 1.24. The minimum Gasteiger partial charge on any atom is -0.455 e. The molecule has 54 heavy (non-hydrogen) atoms. The zero-order valence-electron chi connectivity index (χ0n) is 29.4. The van der Waals surface area contributed by atoms with Crippen LogP contribution in [-0.4, -0.2) is 0 Å². The average molecular weight is 688 g/mol. The summed E-state index contributed by atoms with van der Waals surface area (Å²) < 4.78 is 6.55. The monoisotopic (exact) mass is 687 g/mol. The lowest BCUT2D eigenvalue weighted by Gasteiger charge is -2.30. The van der Waals surface area contributed by atoms with E-state index >= 15 is 0 Å². The van der Waals surface area contributed by atoms with Crippen LogP contribution < -0.4 is 4.90 Å². The molecule has 0 saturated heterocycles. The van der Waals surface area contributed by atoms with Gasteiger partial charge in [-0.1, -0.05) is 170 Å². The molecule has 0 N–H and O–H groups in total. The van der Waals surface area contributed by atoms with Crippen LogP contribution in [0.25, 0.3) is 87.3 Å². The second-order valence-corrected chi connectivity index (χ2v) is 14.0. The largest absolute Gasteiger partial charge is 0.455 e. The van der Waals surface area contributed by atoms with Gasteiger partial charge in [0.25, 0.3) is 0 Å². The van der Waals surface area contributed by atoms with Gasteiger partial charge in [-0.2, -0.15) is 0 Å². The Labute approximate surface area is 312 Å². The van der Waals surface area contributed by atoms with Crippen LogP contribution in [-0.2, 0) is 0 Å². The van der Waals surface area contributed by atoms with Gasteiger partial charge >= 0.3 is 0 Å². The summed E-state index contributed by atoms with van der Waals surface area (Å²) in [6.07, 6.45) is 0. The molecular weight excluding hydrogens is 655 g/mol. The lowest BCUT2D eigenvalue weighted by atomic mass is 9.91. The molecule has 0 fully saturated rings. The van der Waals surface area contributed by atoms with Crippen LogP contribution in [0, 0.1) is 0 Å². The zero-order chi connectivity index (χ0) is 35.6. The van der Waals surface area contributed by atoms with Crippen molar-refractivity contribution in [1.29, 1.82) is 0 Å². The molecule has 1 aromatic heterocycles. The van der Waals surface area contributed by atoms with E-state index in [1.165, 1.54) is 48.7 Å². The summed E-state index contributed by atoms with van der Waals surface area (Å²) in [6.45, 7) is 0. The van der Waals surface area contributed by atoms with E-state index in [1.807, 2.05) is 6.07 Å². The molecule has 252 valence electrons. The zero-order valence-corrected chi connectivity index (χ0v) is 29.4. The number of furan rings is 1. The van der Waals surface area contributed by atoms with Crippen LogP contribution >= 0.6 is 0 Å². The Bertz CT molecular complexity index is 3230. The number of anilines is 3. The van der Waals surface area contributed by atoms with Crippen molar-refractivity contribution < 1.29 is 4.42 Å². The molecule has 2 heteroatoms. The van der Waals surface area contributed by atoms with Gasteiger partial charge in [-0.3, -0.25) is 0 Å². The first-order valence-corrected chi connectivity index (χ1v) is 18.5. The highest BCUT2D eigenvalue weighted by Gasteiger charge is 2.23. The summed E-state index contributed by atoms with van der Waals surface area (Å²) in [5.74, 6) is 0. The van der Waals surface area contributed by atoms with Crippen molar-refractivity contribution in [3.05, 3.63) is 200 Å². The third-order valence-corrected chi connectivity index (χ3v) is 11.0. The van der Waals surface area contributed by atoms with Crippen molar-refractivity contribution in [2.24, 2.45) is 0 Å². The fraction of sp³-hybridized carbons (Fsp3) is 0. The number of para-hydroxylation sites is 3. The fourth-order valence-electron chi connectivity index (χ4n) is 8.58. The van der Waals surface area contributed by atoms with Gasteiger partial charge in [0.2, 0.25) is 0 Å². The number of hydrogen-bond acceptors (Lipinski definition) is 2. The summed E-state index contributed by atoms with van der Waals surface area (Å²) in [5, 5.41) is 12.2. The Morgan fingerprint density at radius 1 is 0.333 bits per heavy atom. The third kappa shape index (κ3) is 4.74. The predicted octanol–water partition coefficient (Wildman–Crippen LogP) is 15.0. The van der Waals surface area contributed by atoms with E-state index in [-0.39, 0.29) is 0 Å². The van der Waals surface area contributed by atoms with Gasteiger partial charge in [-0.25, -0.2) is 0 Å². The molecule has 1 heterocycles. The van der Waals surface area contributed by atoms with E-state index in [9.17, 15) is 0 Å². The Morgan fingerprint density at radius 3 is 1.80 bits per heavy atom. The van der Waals surface area contributed by atoms with Gasteiger partial charge in [0.1, 0.15) is 11.2 Å². The van der Waals surface area contributed by atoms with E-state index in [0.29, 0.717) is 0 Å². The molecule has 10 aromatic carbocycles. The number of nitrogens with zero attached hydrogens (tertiary/aromatic N) is 1. The molecule has 11 aromatic rings. The quantitative estimate of drug-likeness (QED) is 0.168. The van der Waals surface area contributed by atoms with Crippen LogP contribution in [0.15, 0.2) is 205 Å². The van der Waals surface area contributed by atoms with Crippen molar-refractivity contribution >= 4 is 82.1 Å². The molecule has 0 spiro atoms. The lowest BCUT2D eigenvalue weighted by Crippen LogP contribution is -2.12. The van der Waals surface area contributed by atoms with Gasteiger partial charge in [0.05, 0.1) is 11.4 Å². The normalized spacial score (nSPS) is 11.7. The first-order chi connectivity index (χ1) is 26.8. The summed E-state index contributed by atoms with van der Waals surface area (Å²) >= 11 is 0. The maximum Gasteiger partial charge on any atom is 0.143 e. The molecule has 0 bridgehead atoms. The van der Waals surface area contributed by atoms with E-state index in [4.69, 9.17) is 4.42 Å². The van der Waals surface area contributed by atoms with Crippen LogP contribution in [0.2, 0.25) is 0 Å². The van der Waals surface area contributed by atoms with E-state index in [2.05, 4.69) is 199 Å². The van der Waals surface area contributed by atoms with Crippen LogP contribution in [0.5, 0.6) is 0 Å². The fourth-order valence-corrected chi connectivity index (χ4v) is 8.58. The van der Waals surface area contributed by atoms with Gasteiger partial charge in [0, 0.05) is 38.4 Å². The summed E-state index contributed by atoms with van der Waals surface area (Å²) in [7, 11) is 0. The van der Waals surface area contributed by atoms with Crippen LogP contribution in [0.1, 0.15) is 0 Å². The standard InChI is InChI=1S/C52H33NO/c1-2-14-34(15-3-1)40-20-8-10-26-47(40)53(39-19-12-18-37(32-39)43-24-13-25-45-44-23-9-11-27-49(44)54-52(43)45)48-33-38-29-28-35-16-4-6-21-41(35)50(38)51-42-22-7-5-17-36(42)30-31-46(48)51/h1-33H. The second kappa shape index (κ2) is 12.2. The molecular formula is C52H33NO. The van der Waals surface area contributed by atoms with Crippen LogP contribution in [0.3, 0.4) is 0 Å². The van der Waals surface area contributed by atoms with Gasteiger partial charge in [-0.05, 0) is 73.8 Å². The number of hydrogen-bond donors (Lipinski definition) is 0. The van der Waals surface area contributed by atoms with Crippen LogP contribution in [0.4, 0.5) is 17.1 Å². The van der Waals surface area contributed by atoms with E-state index < -0.39 is 0 Å². The molecule has 0 amide bonds. The second-order valence-electron chi connectivity index (χ2n) is 14.0. The predicted molar refractivity (Wildman–Crippen MR) is 229 cm³/mol. The highest BCUT2D eigenvalue weighted by atomic mass is 16.3. The average Bonchev–Trinajstić information content (AvgIpc) is 3.63. The maximum atomic E-state index is 6.55. The molecule has 11 rings (SSSR count). The minimum atomic E-state index is 0.900. The molecule has 0 atom stereocenters. The molecule has 0 radical (unpaired) electrons. The summed E-state index contributed by atoms with van der Waals surface area (Å²) in [4.78, 5) is 2.47. The van der Waals surface area contributed by atoms with E-state index in [0.717, 1.165) is 55.7 Å². The lowest BCUT2D eigenvalue weighted by molar-refractivity contribution is 0.670. The summed E-state index contributed by atoms with van der Waals surface area (Å²) in [5.41, 5.74) is 9.61. The van der Waals surface area contributed by atoms with Crippen molar-refractivity contribution in [2.45, 2.75) is 0 Å². The first kappa shape index (κ1) is 30.5. The number of benzene rings is 10. The molecule has 2 nitrogen and oxygen atoms in total. The molecule has 0 unspecified atom stereocenters. The van der Waals surface area contributed by atoms with Gasteiger partial charge in [-0.15, -0.1) is 0 Å². The third-order valence-electron chi connectivity index (χ3n) is 11.0. The Hall–Kier alpha value is -7.16. The Kier molecular flexibility index (Phi) is 6.90. The SMILES string of the molecule is c1ccc(-c2ccccc2N(c2cccc(-c3cccc4c3oc3ccccc34)c2)c2cc3ccc4ccccc4c3c3c2ccc2ccccc23)cc1. The topological polar surface area (TPSA) is 16.4 Å². The summed E-state index contributed by atoms with van der Waals surface area (Å²) in [6, 6.07) is 72.3. The van der Waals surface area contributed by atoms with E-state index in [1.54, 1.807) is 0 Å². The number of fused-ring (bicyclic) bond motifs is 10. The molecule has 0 aliphatic carbocycles. The number of rotatable bonds is 5. The maximum absolute atomic E-state index is 6.55. The molecule has 0 aliphatic heterocycles. The molecule has 0 aliphatic rings. The highest BCUT2D eigenvalue weighted by molar-refractivity contribution is 6.30. The van der Waals surface area contributed by atoms with Crippen molar-refractivity contribution in [3.63, 3.8) is 0 Å². The minimum absolute atomic E-state index is 0.900. The van der Waals surface area contributed by atoms with Gasteiger partial charge in [0.15, 0.2) is 0 Å². The van der Waals surface area contributed by atoms with Gasteiger partial charge < -0.3 is 9.32 Å². The first-order valence-electron chi connectivity index (χ1n) is 18.5.